The molecule has 0 unspecified atom stereocenters. The van der Waals surface area contributed by atoms with Crippen molar-refractivity contribution in [2.24, 2.45) is 0 Å². The predicted molar refractivity (Wildman–Crippen MR) is 61.6 cm³/mol. The van der Waals surface area contributed by atoms with Crippen molar-refractivity contribution in [1.82, 2.24) is 9.97 Å². The lowest BCUT2D eigenvalue weighted by atomic mass is 10.2. The Morgan fingerprint density at radius 1 is 1.20 bits per heavy atom. The lowest BCUT2D eigenvalue weighted by molar-refractivity contribution is 1.16. The molecular weight excluding hydrogens is 186 g/mol. The van der Waals surface area contributed by atoms with Crippen molar-refractivity contribution in [2.75, 3.05) is 11.9 Å². The second kappa shape index (κ2) is 4.55. The summed E-state index contributed by atoms with van der Waals surface area (Å²) in [6.07, 6.45) is 3.58. The van der Waals surface area contributed by atoms with E-state index < -0.39 is 0 Å². The van der Waals surface area contributed by atoms with Gasteiger partial charge in [0.1, 0.15) is 5.82 Å². The first kappa shape index (κ1) is 9.65. The van der Waals surface area contributed by atoms with Gasteiger partial charge in [-0.3, -0.25) is 4.98 Å². The molecule has 0 aromatic carbocycles. The summed E-state index contributed by atoms with van der Waals surface area (Å²) in [6.45, 7) is 2.93. The Hall–Kier alpha value is -1.90. The second-order valence-electron chi connectivity index (χ2n) is 3.18. The third-order valence-electron chi connectivity index (χ3n) is 2.06. The Balaban J connectivity index is 2.33. The third kappa shape index (κ3) is 2.31. The van der Waals surface area contributed by atoms with Gasteiger partial charge in [0.25, 0.3) is 0 Å². The molecule has 0 spiro atoms. The number of nitrogens with zero attached hydrogens (tertiary/aromatic N) is 2. The fourth-order valence-electron chi connectivity index (χ4n) is 1.39. The second-order valence-corrected chi connectivity index (χ2v) is 3.18. The lowest BCUT2D eigenvalue weighted by Gasteiger charge is -2.04. The molecule has 0 aliphatic carbocycles. The van der Waals surface area contributed by atoms with E-state index in [0.29, 0.717) is 0 Å². The monoisotopic (exact) mass is 199 g/mol. The van der Waals surface area contributed by atoms with Crippen LogP contribution in [0.3, 0.4) is 0 Å². The maximum absolute atomic E-state index is 4.48. The molecule has 0 amide bonds. The minimum absolute atomic E-state index is 0.878. The van der Waals surface area contributed by atoms with Crippen LogP contribution < -0.4 is 5.32 Å². The fraction of sp³-hybridized carbons (Fsp3) is 0.167. The standard InChI is InChI=1S/C12H13N3/c1-2-14-12-7-3-6-11(15-12)10-5-4-8-13-9-10/h3-9H,2H2,1H3,(H,14,15). The van der Waals surface area contributed by atoms with E-state index in [1.54, 1.807) is 6.20 Å². The molecule has 0 saturated heterocycles. The normalized spacial score (nSPS) is 9.93. The molecule has 1 N–H and O–H groups in total. The fourth-order valence-corrected chi connectivity index (χ4v) is 1.39. The van der Waals surface area contributed by atoms with E-state index in [9.17, 15) is 0 Å². The first-order valence-electron chi connectivity index (χ1n) is 5.01. The zero-order valence-corrected chi connectivity index (χ0v) is 8.64. The first-order valence-corrected chi connectivity index (χ1v) is 5.01. The predicted octanol–water partition coefficient (Wildman–Crippen LogP) is 2.58. The first-order chi connectivity index (χ1) is 7.40. The highest BCUT2D eigenvalue weighted by atomic mass is 15.0. The smallest absolute Gasteiger partial charge is 0.126 e. The Morgan fingerprint density at radius 3 is 2.87 bits per heavy atom. The number of aromatic nitrogens is 2. The van der Waals surface area contributed by atoms with Gasteiger partial charge in [-0.1, -0.05) is 6.07 Å². The van der Waals surface area contributed by atoms with Gasteiger partial charge in [-0.05, 0) is 31.2 Å². The molecular formula is C12H13N3. The zero-order valence-electron chi connectivity index (χ0n) is 8.64. The van der Waals surface area contributed by atoms with Gasteiger partial charge in [0.2, 0.25) is 0 Å². The molecule has 3 nitrogen and oxygen atoms in total. The van der Waals surface area contributed by atoms with E-state index in [-0.39, 0.29) is 0 Å². The molecule has 0 fully saturated rings. The number of anilines is 1. The van der Waals surface area contributed by atoms with Gasteiger partial charge >= 0.3 is 0 Å². The molecule has 0 radical (unpaired) electrons. The van der Waals surface area contributed by atoms with E-state index >= 15 is 0 Å². The summed E-state index contributed by atoms with van der Waals surface area (Å²) >= 11 is 0. The van der Waals surface area contributed by atoms with E-state index in [1.165, 1.54) is 0 Å². The van der Waals surface area contributed by atoms with Crippen molar-refractivity contribution in [3.63, 3.8) is 0 Å². The van der Waals surface area contributed by atoms with Crippen molar-refractivity contribution in [2.45, 2.75) is 6.92 Å². The quantitative estimate of drug-likeness (QED) is 0.825. The van der Waals surface area contributed by atoms with Crippen LogP contribution in [0.2, 0.25) is 0 Å². The molecule has 3 heteroatoms. The summed E-state index contributed by atoms with van der Waals surface area (Å²) in [4.78, 5) is 8.56. The minimum atomic E-state index is 0.878. The Kier molecular flexibility index (Phi) is 2.93. The van der Waals surface area contributed by atoms with Crippen LogP contribution >= 0.6 is 0 Å². The van der Waals surface area contributed by atoms with Crippen LogP contribution in [0, 0.1) is 0 Å². The summed E-state index contributed by atoms with van der Waals surface area (Å²) in [5.41, 5.74) is 1.99. The molecule has 76 valence electrons. The number of hydrogen-bond donors (Lipinski definition) is 1. The Morgan fingerprint density at radius 2 is 2.13 bits per heavy atom. The Bertz CT molecular complexity index is 426. The number of pyridine rings is 2. The SMILES string of the molecule is CCNc1cccc(-c2cccnc2)n1. The van der Waals surface area contributed by atoms with E-state index in [4.69, 9.17) is 0 Å². The van der Waals surface area contributed by atoms with Crippen LogP contribution in [-0.4, -0.2) is 16.5 Å². The van der Waals surface area contributed by atoms with Gasteiger partial charge in [0.05, 0.1) is 5.69 Å². The van der Waals surface area contributed by atoms with Crippen molar-refractivity contribution in [3.05, 3.63) is 42.7 Å². The van der Waals surface area contributed by atoms with E-state index in [2.05, 4.69) is 22.2 Å². The largest absolute Gasteiger partial charge is 0.370 e. The van der Waals surface area contributed by atoms with Crippen LogP contribution in [0.15, 0.2) is 42.7 Å². The maximum atomic E-state index is 4.48. The summed E-state index contributed by atoms with van der Waals surface area (Å²) in [5, 5.41) is 3.19. The molecule has 2 aromatic rings. The van der Waals surface area contributed by atoms with Crippen LogP contribution in [-0.2, 0) is 0 Å². The summed E-state index contributed by atoms with van der Waals surface area (Å²) in [6, 6.07) is 9.86. The lowest BCUT2D eigenvalue weighted by Crippen LogP contribution is -1.99. The molecule has 0 aliphatic heterocycles. The van der Waals surface area contributed by atoms with Gasteiger partial charge in [0, 0.05) is 24.5 Å². The molecule has 0 aliphatic rings. The maximum Gasteiger partial charge on any atom is 0.126 e. The van der Waals surface area contributed by atoms with E-state index in [0.717, 1.165) is 23.6 Å². The average molecular weight is 199 g/mol. The highest BCUT2D eigenvalue weighted by Crippen LogP contribution is 2.16. The topological polar surface area (TPSA) is 37.8 Å². The summed E-state index contributed by atoms with van der Waals surface area (Å²) in [7, 11) is 0. The van der Waals surface area contributed by atoms with Crippen LogP contribution in [0.1, 0.15) is 6.92 Å². The van der Waals surface area contributed by atoms with Gasteiger partial charge in [-0.25, -0.2) is 4.98 Å². The number of hydrogen-bond acceptors (Lipinski definition) is 3. The van der Waals surface area contributed by atoms with Gasteiger partial charge in [-0.2, -0.15) is 0 Å². The molecule has 0 bridgehead atoms. The van der Waals surface area contributed by atoms with Gasteiger partial charge in [0.15, 0.2) is 0 Å². The average Bonchev–Trinajstić information content (AvgIpc) is 2.31. The number of rotatable bonds is 3. The molecule has 0 saturated carbocycles. The number of nitrogens with one attached hydrogen (secondary N) is 1. The van der Waals surface area contributed by atoms with Gasteiger partial charge in [-0.15, -0.1) is 0 Å². The molecule has 2 aromatic heterocycles. The molecule has 0 atom stereocenters. The summed E-state index contributed by atoms with van der Waals surface area (Å²) < 4.78 is 0. The van der Waals surface area contributed by atoms with Crippen LogP contribution in [0.5, 0.6) is 0 Å². The Labute approximate surface area is 89.2 Å². The highest BCUT2D eigenvalue weighted by molar-refractivity contribution is 5.59. The third-order valence-corrected chi connectivity index (χ3v) is 2.06. The van der Waals surface area contributed by atoms with Crippen molar-refractivity contribution in [3.8, 4) is 11.3 Å². The zero-order chi connectivity index (χ0) is 10.5. The highest BCUT2D eigenvalue weighted by Gasteiger charge is 1.99. The molecule has 15 heavy (non-hydrogen) atoms. The van der Waals surface area contributed by atoms with Crippen LogP contribution in [0.25, 0.3) is 11.3 Å². The minimum Gasteiger partial charge on any atom is -0.370 e. The van der Waals surface area contributed by atoms with Crippen molar-refractivity contribution < 1.29 is 0 Å². The van der Waals surface area contributed by atoms with Crippen LogP contribution in [0.4, 0.5) is 5.82 Å². The molecule has 2 rings (SSSR count). The van der Waals surface area contributed by atoms with E-state index in [1.807, 2.05) is 36.5 Å². The van der Waals surface area contributed by atoms with Crippen molar-refractivity contribution in [1.29, 1.82) is 0 Å². The molecule has 2 heterocycles. The van der Waals surface area contributed by atoms with Crippen molar-refractivity contribution >= 4 is 5.82 Å². The van der Waals surface area contributed by atoms with Gasteiger partial charge < -0.3 is 5.32 Å². The summed E-state index contributed by atoms with van der Waals surface area (Å²) in [5.74, 6) is 0.902.